The maximum Gasteiger partial charge on any atom is 0.288 e. The van der Waals surface area contributed by atoms with Gasteiger partial charge < -0.3 is 5.11 Å². The molecule has 0 amide bonds. The zero-order valence-corrected chi connectivity index (χ0v) is 12.3. The molecule has 1 aromatic carbocycles. The Morgan fingerprint density at radius 3 is 2.65 bits per heavy atom. The first-order valence-electron chi connectivity index (χ1n) is 7.07. The summed E-state index contributed by atoms with van der Waals surface area (Å²) >= 11 is 0.582. The summed E-state index contributed by atoms with van der Waals surface area (Å²) in [4.78, 5) is 3.00. The molecule has 1 unspecified atom stereocenters. The van der Waals surface area contributed by atoms with Crippen LogP contribution in [0.2, 0.25) is 0 Å². The van der Waals surface area contributed by atoms with Crippen molar-refractivity contribution in [1.82, 2.24) is 4.90 Å². The van der Waals surface area contributed by atoms with E-state index in [0.717, 1.165) is 31.5 Å². The molecule has 1 aliphatic rings. The van der Waals surface area contributed by atoms with Crippen LogP contribution >= 0.6 is 11.8 Å². The summed E-state index contributed by atoms with van der Waals surface area (Å²) < 4.78 is 24.5. The number of piperidine rings is 1. The van der Waals surface area contributed by atoms with E-state index in [1.165, 1.54) is 12.8 Å². The summed E-state index contributed by atoms with van der Waals surface area (Å²) in [7, 11) is 0. The second kappa shape index (κ2) is 7.96. The quantitative estimate of drug-likeness (QED) is 0.810. The number of nitrogens with zero attached hydrogens (tertiary/aromatic N) is 1. The molecule has 5 heteroatoms. The molecule has 1 heterocycles. The Morgan fingerprint density at radius 2 is 2.00 bits per heavy atom. The number of thioether (sulfide) groups is 1. The smallest absolute Gasteiger partial charge is 0.288 e. The highest BCUT2D eigenvalue weighted by atomic mass is 32.2. The van der Waals surface area contributed by atoms with Crippen LogP contribution in [0.5, 0.6) is 0 Å². The van der Waals surface area contributed by atoms with Gasteiger partial charge in [-0.15, -0.1) is 0 Å². The molecule has 1 aromatic rings. The van der Waals surface area contributed by atoms with Gasteiger partial charge in [-0.05, 0) is 43.5 Å². The maximum absolute atomic E-state index is 12.3. The van der Waals surface area contributed by atoms with Gasteiger partial charge in [0, 0.05) is 24.1 Å². The minimum absolute atomic E-state index is 0.227. The van der Waals surface area contributed by atoms with Crippen LogP contribution < -0.4 is 0 Å². The summed E-state index contributed by atoms with van der Waals surface area (Å²) in [6.45, 7) is 2.12. The largest absolute Gasteiger partial charge is 0.396 e. The number of halogens is 2. The molecule has 1 fully saturated rings. The number of hydrogen-bond donors (Lipinski definition) is 1. The van der Waals surface area contributed by atoms with E-state index >= 15 is 0 Å². The Kier molecular flexibility index (Phi) is 6.26. The van der Waals surface area contributed by atoms with Crippen molar-refractivity contribution in [3.05, 3.63) is 29.8 Å². The Bertz CT molecular complexity index is 397. The van der Waals surface area contributed by atoms with E-state index in [-0.39, 0.29) is 6.61 Å². The lowest BCUT2D eigenvalue weighted by atomic mass is 9.99. The predicted octanol–water partition coefficient (Wildman–Crippen LogP) is 3.74. The Hall–Kier alpha value is -0.650. The Balaban J connectivity index is 1.94. The molecule has 1 saturated heterocycles. The van der Waals surface area contributed by atoms with Crippen LogP contribution in [-0.4, -0.2) is 35.0 Å². The monoisotopic (exact) mass is 301 g/mol. The Morgan fingerprint density at radius 1 is 1.25 bits per heavy atom. The van der Waals surface area contributed by atoms with Crippen molar-refractivity contribution in [3.8, 4) is 0 Å². The molecular formula is C15H21F2NOS. The van der Waals surface area contributed by atoms with E-state index in [1.807, 2.05) is 12.1 Å². The molecule has 1 N–H and O–H groups in total. The van der Waals surface area contributed by atoms with Crippen LogP contribution in [0.1, 0.15) is 31.2 Å². The highest BCUT2D eigenvalue weighted by Crippen LogP contribution is 2.26. The number of aliphatic hydroxyl groups excluding tert-OH is 1. The van der Waals surface area contributed by atoms with Crippen molar-refractivity contribution >= 4 is 11.8 Å². The maximum atomic E-state index is 12.3. The van der Waals surface area contributed by atoms with Crippen LogP contribution in [0.15, 0.2) is 29.2 Å². The molecule has 0 radical (unpaired) electrons. The van der Waals surface area contributed by atoms with Gasteiger partial charge in [0.1, 0.15) is 0 Å². The van der Waals surface area contributed by atoms with Crippen LogP contribution in [0.25, 0.3) is 0 Å². The Labute approximate surface area is 123 Å². The lowest BCUT2D eigenvalue weighted by molar-refractivity contribution is 0.112. The van der Waals surface area contributed by atoms with E-state index in [1.54, 1.807) is 12.1 Å². The van der Waals surface area contributed by atoms with Gasteiger partial charge in [-0.1, -0.05) is 30.3 Å². The first kappa shape index (κ1) is 15.7. The van der Waals surface area contributed by atoms with E-state index < -0.39 is 5.76 Å². The molecule has 20 heavy (non-hydrogen) atoms. The normalized spacial score (nSPS) is 20.5. The van der Waals surface area contributed by atoms with Crippen molar-refractivity contribution in [2.24, 2.45) is 0 Å². The van der Waals surface area contributed by atoms with Crippen molar-refractivity contribution in [1.29, 1.82) is 0 Å². The van der Waals surface area contributed by atoms with Crippen LogP contribution in [0, 0.1) is 0 Å². The molecule has 0 bridgehead atoms. The van der Waals surface area contributed by atoms with Crippen molar-refractivity contribution in [2.75, 3.05) is 13.2 Å². The van der Waals surface area contributed by atoms with Crippen molar-refractivity contribution < 1.29 is 13.9 Å². The SMILES string of the molecule is OCCC1CCCCN1Cc1ccc(SC(F)F)cc1. The number of alkyl halides is 2. The number of aliphatic hydroxyl groups is 1. The number of hydrogen-bond acceptors (Lipinski definition) is 3. The van der Waals surface area contributed by atoms with E-state index in [9.17, 15) is 8.78 Å². The third kappa shape index (κ3) is 4.72. The van der Waals surface area contributed by atoms with Gasteiger partial charge in [-0.2, -0.15) is 8.78 Å². The summed E-state index contributed by atoms with van der Waals surface area (Å²) in [6.07, 6.45) is 4.38. The predicted molar refractivity (Wildman–Crippen MR) is 78.1 cm³/mol. The number of benzene rings is 1. The van der Waals surface area contributed by atoms with Gasteiger partial charge in [0.15, 0.2) is 0 Å². The van der Waals surface area contributed by atoms with Crippen LogP contribution in [0.4, 0.5) is 8.78 Å². The van der Waals surface area contributed by atoms with Gasteiger partial charge in [0.2, 0.25) is 0 Å². The second-order valence-electron chi connectivity index (χ2n) is 5.15. The molecule has 112 valence electrons. The zero-order chi connectivity index (χ0) is 14.4. The highest BCUT2D eigenvalue weighted by molar-refractivity contribution is 7.99. The summed E-state index contributed by atoms with van der Waals surface area (Å²) in [5.74, 6) is -2.36. The van der Waals surface area contributed by atoms with E-state index in [0.29, 0.717) is 22.7 Å². The summed E-state index contributed by atoms with van der Waals surface area (Å²) in [6, 6.07) is 7.82. The lowest BCUT2D eigenvalue weighted by Gasteiger charge is -2.35. The minimum atomic E-state index is -2.36. The van der Waals surface area contributed by atoms with Crippen LogP contribution in [0.3, 0.4) is 0 Å². The first-order valence-corrected chi connectivity index (χ1v) is 7.95. The van der Waals surface area contributed by atoms with Crippen molar-refractivity contribution in [2.45, 2.75) is 48.9 Å². The van der Waals surface area contributed by atoms with E-state index in [4.69, 9.17) is 5.11 Å². The molecule has 0 aliphatic carbocycles. The highest BCUT2D eigenvalue weighted by Gasteiger charge is 2.21. The number of likely N-dealkylation sites (tertiary alicyclic amines) is 1. The van der Waals surface area contributed by atoms with Crippen LogP contribution in [-0.2, 0) is 6.54 Å². The lowest BCUT2D eigenvalue weighted by Crippen LogP contribution is -2.39. The topological polar surface area (TPSA) is 23.5 Å². The van der Waals surface area contributed by atoms with Gasteiger partial charge in [-0.3, -0.25) is 4.90 Å². The van der Waals surface area contributed by atoms with Gasteiger partial charge >= 0.3 is 0 Å². The number of rotatable bonds is 6. The fourth-order valence-electron chi connectivity index (χ4n) is 2.75. The molecular weight excluding hydrogens is 280 g/mol. The van der Waals surface area contributed by atoms with Crippen molar-refractivity contribution in [3.63, 3.8) is 0 Å². The molecule has 0 saturated carbocycles. The van der Waals surface area contributed by atoms with E-state index in [2.05, 4.69) is 4.90 Å². The zero-order valence-electron chi connectivity index (χ0n) is 11.5. The molecule has 1 aliphatic heterocycles. The first-order chi connectivity index (χ1) is 9.69. The summed E-state index contributed by atoms with van der Waals surface area (Å²) in [5.41, 5.74) is 1.15. The average molecular weight is 301 g/mol. The molecule has 0 aromatic heterocycles. The molecule has 1 atom stereocenters. The molecule has 0 spiro atoms. The standard InChI is InChI=1S/C15H21F2NOS/c16-15(17)20-14-6-4-12(5-7-14)11-18-9-2-1-3-13(18)8-10-19/h4-7,13,15,19H,1-3,8-11H2. The third-order valence-electron chi connectivity index (χ3n) is 3.75. The molecule has 2 rings (SSSR count). The fourth-order valence-corrected chi connectivity index (χ4v) is 3.25. The van der Waals surface area contributed by atoms with Gasteiger partial charge in [-0.25, -0.2) is 0 Å². The van der Waals surface area contributed by atoms with Gasteiger partial charge in [0.25, 0.3) is 5.76 Å². The average Bonchev–Trinajstić information content (AvgIpc) is 2.43. The minimum Gasteiger partial charge on any atom is -0.396 e. The molecule has 2 nitrogen and oxygen atoms in total. The summed E-state index contributed by atoms with van der Waals surface area (Å²) in [5, 5.41) is 9.12. The van der Waals surface area contributed by atoms with Gasteiger partial charge in [0.05, 0.1) is 0 Å². The fraction of sp³-hybridized carbons (Fsp3) is 0.600. The second-order valence-corrected chi connectivity index (χ2v) is 6.22. The third-order valence-corrected chi connectivity index (χ3v) is 4.47.